The van der Waals surface area contributed by atoms with Crippen molar-refractivity contribution in [2.24, 2.45) is 7.05 Å². The van der Waals surface area contributed by atoms with Crippen molar-refractivity contribution in [1.29, 1.82) is 0 Å². The second kappa shape index (κ2) is 8.87. The van der Waals surface area contributed by atoms with Gasteiger partial charge in [-0.3, -0.25) is 9.59 Å². The summed E-state index contributed by atoms with van der Waals surface area (Å²) in [4.78, 5) is 25.5. The third-order valence-electron chi connectivity index (χ3n) is 4.18. The molecule has 0 atom stereocenters. The number of amides is 2. The average molecular weight is 413 g/mol. The van der Waals surface area contributed by atoms with Gasteiger partial charge in [0.25, 0.3) is 5.91 Å². The van der Waals surface area contributed by atoms with Gasteiger partial charge in [-0.25, -0.2) is 4.39 Å². The van der Waals surface area contributed by atoms with Crippen molar-refractivity contribution in [1.82, 2.24) is 19.7 Å². The van der Waals surface area contributed by atoms with Gasteiger partial charge in [0.2, 0.25) is 5.91 Å². The number of carbonyl (C=O) groups excluding carboxylic acids is 2. The molecule has 1 N–H and O–H groups in total. The molecular formula is C20H20FN5O2S. The predicted molar refractivity (Wildman–Crippen MR) is 110 cm³/mol. The molecule has 0 radical (unpaired) electrons. The summed E-state index contributed by atoms with van der Waals surface area (Å²) >= 11 is 1.32. The summed E-state index contributed by atoms with van der Waals surface area (Å²) in [6.07, 6.45) is 0. The van der Waals surface area contributed by atoms with E-state index in [0.29, 0.717) is 16.7 Å². The summed E-state index contributed by atoms with van der Waals surface area (Å²) in [7, 11) is 5.24. The molecule has 2 amide bonds. The first-order valence-corrected chi connectivity index (χ1v) is 9.74. The van der Waals surface area contributed by atoms with E-state index in [1.54, 1.807) is 49.0 Å². The number of nitrogens with one attached hydrogen (secondary N) is 1. The molecule has 0 aliphatic heterocycles. The number of hydrogen-bond donors (Lipinski definition) is 1. The zero-order valence-electron chi connectivity index (χ0n) is 16.2. The highest BCUT2D eigenvalue weighted by molar-refractivity contribution is 7.99. The van der Waals surface area contributed by atoms with Crippen LogP contribution in [0.25, 0.3) is 11.4 Å². The molecule has 150 valence electrons. The van der Waals surface area contributed by atoms with Crippen LogP contribution in [0.5, 0.6) is 0 Å². The van der Waals surface area contributed by atoms with E-state index in [4.69, 9.17) is 0 Å². The topological polar surface area (TPSA) is 80.1 Å². The summed E-state index contributed by atoms with van der Waals surface area (Å²) in [5.74, 6) is -0.177. The number of hydrogen-bond acceptors (Lipinski definition) is 5. The van der Waals surface area contributed by atoms with Crippen LogP contribution in [0.3, 0.4) is 0 Å². The molecule has 0 saturated carbocycles. The molecule has 0 fully saturated rings. The standard InChI is InChI=1S/C20H20FN5O2S/c1-25(2)17(27)12-29-20-24-23-18(26(20)3)13-8-10-14(11-9-13)22-19(28)15-6-4-5-7-16(15)21/h4-11H,12H2,1-3H3,(H,22,28). The van der Waals surface area contributed by atoms with Gasteiger partial charge in [0, 0.05) is 32.4 Å². The van der Waals surface area contributed by atoms with Crippen LogP contribution < -0.4 is 5.32 Å². The monoisotopic (exact) mass is 413 g/mol. The Hall–Kier alpha value is -3.20. The molecule has 0 saturated heterocycles. The van der Waals surface area contributed by atoms with Crippen molar-refractivity contribution in [3.8, 4) is 11.4 Å². The smallest absolute Gasteiger partial charge is 0.258 e. The van der Waals surface area contributed by atoms with Crippen molar-refractivity contribution in [2.45, 2.75) is 5.16 Å². The Labute approximate surface area is 171 Å². The summed E-state index contributed by atoms with van der Waals surface area (Å²) in [5.41, 5.74) is 1.32. The maximum absolute atomic E-state index is 13.7. The highest BCUT2D eigenvalue weighted by atomic mass is 32.2. The maximum atomic E-state index is 13.7. The number of thioether (sulfide) groups is 1. The lowest BCUT2D eigenvalue weighted by molar-refractivity contribution is -0.125. The van der Waals surface area contributed by atoms with Crippen LogP contribution >= 0.6 is 11.8 Å². The minimum Gasteiger partial charge on any atom is -0.348 e. The Bertz CT molecular complexity index is 1030. The van der Waals surface area contributed by atoms with Crippen LogP contribution in [0, 0.1) is 5.82 Å². The lowest BCUT2D eigenvalue weighted by Crippen LogP contribution is -2.23. The highest BCUT2D eigenvalue weighted by Gasteiger charge is 2.15. The fourth-order valence-corrected chi connectivity index (χ4v) is 3.38. The molecule has 0 aliphatic carbocycles. The molecule has 2 aromatic carbocycles. The van der Waals surface area contributed by atoms with E-state index in [2.05, 4.69) is 15.5 Å². The van der Waals surface area contributed by atoms with Gasteiger partial charge < -0.3 is 14.8 Å². The number of benzene rings is 2. The second-order valence-corrected chi connectivity index (χ2v) is 7.40. The molecule has 0 bridgehead atoms. The highest BCUT2D eigenvalue weighted by Crippen LogP contribution is 2.24. The number of rotatable bonds is 6. The average Bonchev–Trinajstić information content (AvgIpc) is 3.07. The quantitative estimate of drug-likeness (QED) is 0.629. The third-order valence-corrected chi connectivity index (χ3v) is 5.18. The molecular weight excluding hydrogens is 393 g/mol. The Kier molecular flexibility index (Phi) is 6.28. The minimum atomic E-state index is -0.571. The number of halogens is 1. The number of aromatic nitrogens is 3. The van der Waals surface area contributed by atoms with Crippen molar-refractivity contribution >= 4 is 29.3 Å². The minimum absolute atomic E-state index is 0.00510. The van der Waals surface area contributed by atoms with Crippen molar-refractivity contribution in [3.63, 3.8) is 0 Å². The van der Waals surface area contributed by atoms with E-state index in [1.807, 2.05) is 7.05 Å². The molecule has 29 heavy (non-hydrogen) atoms. The largest absolute Gasteiger partial charge is 0.348 e. The van der Waals surface area contributed by atoms with Gasteiger partial charge in [-0.05, 0) is 36.4 Å². The Balaban J connectivity index is 1.70. The van der Waals surface area contributed by atoms with Crippen LogP contribution in [0.1, 0.15) is 10.4 Å². The predicted octanol–water partition coefficient (Wildman–Crippen LogP) is 3.05. The number of carbonyl (C=O) groups is 2. The van der Waals surface area contributed by atoms with E-state index in [1.165, 1.54) is 34.9 Å². The van der Waals surface area contributed by atoms with Gasteiger partial charge in [-0.15, -0.1) is 10.2 Å². The van der Waals surface area contributed by atoms with Gasteiger partial charge in [-0.1, -0.05) is 23.9 Å². The van der Waals surface area contributed by atoms with Gasteiger partial charge in [0.15, 0.2) is 11.0 Å². The molecule has 9 heteroatoms. The van der Waals surface area contributed by atoms with Crippen LogP contribution in [0.15, 0.2) is 53.7 Å². The van der Waals surface area contributed by atoms with Gasteiger partial charge in [0.1, 0.15) is 5.82 Å². The van der Waals surface area contributed by atoms with Crippen molar-refractivity contribution < 1.29 is 14.0 Å². The van der Waals surface area contributed by atoms with Gasteiger partial charge in [0.05, 0.1) is 11.3 Å². The first kappa shape index (κ1) is 20.5. The molecule has 1 heterocycles. The lowest BCUT2D eigenvalue weighted by atomic mass is 10.1. The number of nitrogens with zero attached hydrogens (tertiary/aromatic N) is 4. The fraction of sp³-hybridized carbons (Fsp3) is 0.200. The number of anilines is 1. The van der Waals surface area contributed by atoms with E-state index in [0.717, 1.165) is 5.56 Å². The van der Waals surface area contributed by atoms with Gasteiger partial charge >= 0.3 is 0 Å². The summed E-state index contributed by atoms with van der Waals surface area (Å²) < 4.78 is 15.5. The molecule has 0 unspecified atom stereocenters. The molecule has 1 aromatic heterocycles. The van der Waals surface area contributed by atoms with E-state index in [9.17, 15) is 14.0 Å². The van der Waals surface area contributed by atoms with E-state index in [-0.39, 0.29) is 17.2 Å². The Morgan fingerprint density at radius 2 is 1.79 bits per heavy atom. The zero-order valence-corrected chi connectivity index (χ0v) is 17.0. The van der Waals surface area contributed by atoms with Crippen LogP contribution in [0.4, 0.5) is 10.1 Å². The van der Waals surface area contributed by atoms with E-state index >= 15 is 0 Å². The molecule has 3 aromatic rings. The SMILES string of the molecule is CN(C)C(=O)CSc1nnc(-c2ccc(NC(=O)c3ccccc3F)cc2)n1C. The first-order chi connectivity index (χ1) is 13.9. The lowest BCUT2D eigenvalue weighted by Gasteiger charge is -2.09. The normalized spacial score (nSPS) is 10.6. The summed E-state index contributed by atoms with van der Waals surface area (Å²) in [6, 6.07) is 12.8. The van der Waals surface area contributed by atoms with E-state index < -0.39 is 11.7 Å². The Morgan fingerprint density at radius 1 is 1.10 bits per heavy atom. The van der Waals surface area contributed by atoms with Crippen LogP contribution in [0.2, 0.25) is 0 Å². The summed E-state index contributed by atoms with van der Waals surface area (Å²) in [5, 5.41) is 11.6. The van der Waals surface area contributed by atoms with Crippen LogP contribution in [-0.2, 0) is 11.8 Å². The Morgan fingerprint density at radius 3 is 2.45 bits per heavy atom. The molecule has 3 rings (SSSR count). The first-order valence-electron chi connectivity index (χ1n) is 8.75. The third kappa shape index (κ3) is 4.80. The maximum Gasteiger partial charge on any atom is 0.258 e. The zero-order chi connectivity index (χ0) is 21.0. The molecule has 0 aliphatic rings. The second-order valence-electron chi connectivity index (χ2n) is 6.45. The summed E-state index contributed by atoms with van der Waals surface area (Å²) in [6.45, 7) is 0. The molecule has 7 nitrogen and oxygen atoms in total. The fourth-order valence-electron chi connectivity index (χ4n) is 2.49. The van der Waals surface area contributed by atoms with Crippen molar-refractivity contribution in [2.75, 3.05) is 25.2 Å². The van der Waals surface area contributed by atoms with Gasteiger partial charge in [-0.2, -0.15) is 0 Å². The van der Waals surface area contributed by atoms with Crippen molar-refractivity contribution in [3.05, 3.63) is 59.9 Å². The van der Waals surface area contributed by atoms with Crippen LogP contribution in [-0.4, -0.2) is 51.3 Å². The molecule has 0 spiro atoms.